The molecular weight excluding hydrogens is 278 g/mol. The van der Waals surface area contributed by atoms with Crippen LogP contribution in [0.25, 0.3) is 0 Å². The zero-order valence-electron chi connectivity index (χ0n) is 10.2. The molecule has 0 aliphatic carbocycles. The predicted molar refractivity (Wildman–Crippen MR) is 70.5 cm³/mol. The fraction of sp³-hybridized carbons (Fsp3) is 0.400. The predicted octanol–water partition coefficient (Wildman–Crippen LogP) is 1.79. The third kappa shape index (κ3) is 12.0. The van der Waals surface area contributed by atoms with Crippen LogP contribution in [0.4, 0.5) is 0 Å². The van der Waals surface area contributed by atoms with Gasteiger partial charge in [-0.15, -0.1) is 0 Å². The number of hydrogen-bond acceptors (Lipinski definition) is 2. The van der Waals surface area contributed by atoms with Crippen molar-refractivity contribution in [3.8, 4) is 0 Å². The van der Waals surface area contributed by atoms with Crippen LogP contribution >= 0.6 is 15.2 Å². The third-order valence-corrected chi connectivity index (χ3v) is 3.60. The van der Waals surface area contributed by atoms with E-state index in [2.05, 4.69) is 0 Å². The molecule has 0 heterocycles. The van der Waals surface area contributed by atoms with Crippen LogP contribution in [-0.4, -0.2) is 31.9 Å². The van der Waals surface area contributed by atoms with E-state index in [4.69, 9.17) is 19.6 Å². The van der Waals surface area contributed by atoms with Gasteiger partial charge in [-0.05, 0) is 13.8 Å². The van der Waals surface area contributed by atoms with Crippen LogP contribution in [0, 0.1) is 0 Å². The van der Waals surface area contributed by atoms with E-state index < -0.39 is 15.2 Å². The molecule has 0 aromatic rings. The van der Waals surface area contributed by atoms with E-state index >= 15 is 0 Å². The summed E-state index contributed by atoms with van der Waals surface area (Å²) in [5.41, 5.74) is 1.06. The third-order valence-electron chi connectivity index (χ3n) is 1.78. The first-order chi connectivity index (χ1) is 7.99. The second-order valence-electron chi connectivity index (χ2n) is 4.06. The SMILES string of the molecule is CC(=CC=CC=C(C)CP(=O)(O)O)CP(=O)(O)O. The average molecular weight is 296 g/mol. The largest absolute Gasteiger partial charge is 0.329 e. The lowest BCUT2D eigenvalue weighted by molar-refractivity contribution is 0.374. The molecule has 0 rings (SSSR count). The van der Waals surface area contributed by atoms with Crippen molar-refractivity contribution >= 4 is 15.2 Å². The highest BCUT2D eigenvalue weighted by atomic mass is 31.2. The van der Waals surface area contributed by atoms with E-state index in [1.54, 1.807) is 38.2 Å². The molecule has 4 N–H and O–H groups in total. The summed E-state index contributed by atoms with van der Waals surface area (Å²) in [4.78, 5) is 34.8. The van der Waals surface area contributed by atoms with Crippen LogP contribution in [0.1, 0.15) is 13.8 Å². The van der Waals surface area contributed by atoms with Crippen molar-refractivity contribution in [3.63, 3.8) is 0 Å². The summed E-state index contributed by atoms with van der Waals surface area (Å²) in [7, 11) is -8.08. The number of hydrogen-bond donors (Lipinski definition) is 4. The van der Waals surface area contributed by atoms with Crippen molar-refractivity contribution < 1.29 is 28.7 Å². The molecule has 0 atom stereocenters. The van der Waals surface area contributed by atoms with Crippen molar-refractivity contribution in [3.05, 3.63) is 35.5 Å². The molecule has 6 nitrogen and oxygen atoms in total. The van der Waals surface area contributed by atoms with E-state index in [-0.39, 0.29) is 12.3 Å². The van der Waals surface area contributed by atoms with Gasteiger partial charge in [0.15, 0.2) is 0 Å². The molecule has 0 saturated heterocycles. The lowest BCUT2D eigenvalue weighted by Gasteiger charge is -2.02. The number of allylic oxidation sites excluding steroid dienone is 6. The summed E-state index contributed by atoms with van der Waals surface area (Å²) in [5, 5.41) is 0. The Balaban J connectivity index is 4.42. The molecule has 18 heavy (non-hydrogen) atoms. The molecule has 0 aliphatic rings. The minimum Gasteiger partial charge on any atom is -0.324 e. The Kier molecular flexibility index (Phi) is 7.00. The van der Waals surface area contributed by atoms with Crippen molar-refractivity contribution in [1.82, 2.24) is 0 Å². The van der Waals surface area contributed by atoms with Gasteiger partial charge < -0.3 is 19.6 Å². The van der Waals surface area contributed by atoms with E-state index in [0.29, 0.717) is 11.1 Å². The lowest BCUT2D eigenvalue weighted by Crippen LogP contribution is -1.89. The second-order valence-corrected chi connectivity index (χ2v) is 7.35. The molecule has 0 amide bonds. The zero-order valence-corrected chi connectivity index (χ0v) is 12.0. The quantitative estimate of drug-likeness (QED) is 0.439. The van der Waals surface area contributed by atoms with Gasteiger partial charge >= 0.3 is 15.2 Å². The molecule has 0 unspecified atom stereocenters. The Labute approximate surface area is 106 Å². The topological polar surface area (TPSA) is 115 Å². The maximum atomic E-state index is 10.7. The molecule has 8 heteroatoms. The molecule has 0 saturated carbocycles. The second kappa shape index (κ2) is 7.19. The van der Waals surface area contributed by atoms with Crippen molar-refractivity contribution in [1.29, 1.82) is 0 Å². The normalized spacial score (nSPS) is 15.4. The molecule has 0 aromatic heterocycles. The van der Waals surface area contributed by atoms with Gasteiger partial charge in [-0.2, -0.15) is 0 Å². The molecule has 0 radical (unpaired) electrons. The lowest BCUT2D eigenvalue weighted by atomic mass is 10.2. The maximum Gasteiger partial charge on any atom is 0.329 e. The zero-order chi connectivity index (χ0) is 14.4. The van der Waals surface area contributed by atoms with Gasteiger partial charge in [-0.25, -0.2) is 0 Å². The molecule has 0 fully saturated rings. The molecule has 0 aromatic carbocycles. The van der Waals surface area contributed by atoms with E-state index in [0.717, 1.165) is 0 Å². The van der Waals surface area contributed by atoms with Crippen LogP contribution in [0.15, 0.2) is 35.5 Å². The minimum atomic E-state index is -4.04. The Bertz CT molecular complexity index is 409. The van der Waals surface area contributed by atoms with Crippen LogP contribution in [0.5, 0.6) is 0 Å². The van der Waals surface area contributed by atoms with Crippen molar-refractivity contribution in [2.45, 2.75) is 13.8 Å². The standard InChI is InChI=1S/C10H18O6P2/c1-9(7-17(11,12)13)5-3-4-6-10(2)8-18(14,15)16/h3-6H,7-8H2,1-2H3,(H2,11,12,13)(H2,14,15,16). The Morgan fingerprint density at radius 2 is 1.11 bits per heavy atom. The Morgan fingerprint density at radius 1 is 0.833 bits per heavy atom. The maximum absolute atomic E-state index is 10.7. The van der Waals surface area contributed by atoms with Gasteiger partial charge in [0, 0.05) is 0 Å². The summed E-state index contributed by atoms with van der Waals surface area (Å²) in [5.74, 6) is 0. The van der Waals surface area contributed by atoms with Crippen LogP contribution in [-0.2, 0) is 9.13 Å². The first-order valence-electron chi connectivity index (χ1n) is 5.08. The molecule has 0 aliphatic heterocycles. The van der Waals surface area contributed by atoms with Crippen LogP contribution in [0.2, 0.25) is 0 Å². The summed E-state index contributed by atoms with van der Waals surface area (Å²) in [6.07, 6.45) is 5.61. The fourth-order valence-corrected chi connectivity index (χ4v) is 2.71. The highest BCUT2D eigenvalue weighted by Gasteiger charge is 2.13. The molecule has 104 valence electrons. The highest BCUT2D eigenvalue weighted by Crippen LogP contribution is 2.37. The first kappa shape index (κ1) is 17.5. The monoisotopic (exact) mass is 296 g/mol. The number of rotatable bonds is 6. The van der Waals surface area contributed by atoms with E-state index in [9.17, 15) is 9.13 Å². The Morgan fingerprint density at radius 3 is 1.33 bits per heavy atom. The summed E-state index contributed by atoms with van der Waals surface area (Å²) in [6.45, 7) is 3.19. The van der Waals surface area contributed by atoms with Gasteiger partial charge in [-0.1, -0.05) is 35.5 Å². The Hall–Kier alpha value is -0.480. The van der Waals surface area contributed by atoms with Gasteiger partial charge in [0.2, 0.25) is 0 Å². The van der Waals surface area contributed by atoms with Gasteiger partial charge in [0.25, 0.3) is 0 Å². The molecular formula is C10H18O6P2. The minimum absolute atomic E-state index is 0.303. The summed E-state index contributed by atoms with van der Waals surface area (Å²) >= 11 is 0. The van der Waals surface area contributed by atoms with Gasteiger partial charge in [0.05, 0.1) is 12.3 Å². The van der Waals surface area contributed by atoms with Crippen molar-refractivity contribution in [2.75, 3.05) is 12.3 Å². The van der Waals surface area contributed by atoms with Gasteiger partial charge in [0.1, 0.15) is 0 Å². The van der Waals surface area contributed by atoms with E-state index in [1.807, 2.05) is 0 Å². The summed E-state index contributed by atoms with van der Waals surface area (Å²) < 4.78 is 21.3. The first-order valence-corrected chi connectivity index (χ1v) is 8.68. The summed E-state index contributed by atoms with van der Waals surface area (Å²) in [6, 6.07) is 0. The van der Waals surface area contributed by atoms with Crippen LogP contribution < -0.4 is 0 Å². The molecule has 0 bridgehead atoms. The van der Waals surface area contributed by atoms with E-state index in [1.165, 1.54) is 0 Å². The smallest absolute Gasteiger partial charge is 0.324 e. The highest BCUT2D eigenvalue weighted by molar-refractivity contribution is 7.52. The molecule has 0 spiro atoms. The van der Waals surface area contributed by atoms with Crippen LogP contribution in [0.3, 0.4) is 0 Å². The average Bonchev–Trinajstić information content (AvgIpc) is 2.06. The fourth-order valence-electron chi connectivity index (χ4n) is 1.19. The van der Waals surface area contributed by atoms with Gasteiger partial charge in [-0.3, -0.25) is 9.13 Å². The van der Waals surface area contributed by atoms with Crippen molar-refractivity contribution in [2.24, 2.45) is 0 Å².